The van der Waals surface area contributed by atoms with E-state index in [-0.39, 0.29) is 19.3 Å². The van der Waals surface area contributed by atoms with E-state index >= 15 is 0 Å². The summed E-state index contributed by atoms with van der Waals surface area (Å²) in [5.41, 5.74) is 5.30. The molecule has 4 aliphatic heterocycles. The molecule has 6 aromatic rings. The van der Waals surface area contributed by atoms with E-state index in [2.05, 4.69) is 71.0 Å². The summed E-state index contributed by atoms with van der Waals surface area (Å²) in [5.74, 6) is -1.53. The number of hydrogen-bond donors (Lipinski definition) is 0. The molecule has 4 fully saturated rings. The Morgan fingerprint density at radius 1 is 0.563 bits per heavy atom. The molecule has 14 nitrogen and oxygen atoms in total. The molecule has 374 valence electrons. The third-order valence-corrected chi connectivity index (χ3v) is 14.0. The molecule has 0 unspecified atom stereocenters. The molecule has 0 N–H and O–H groups in total. The molecule has 0 amide bonds. The summed E-state index contributed by atoms with van der Waals surface area (Å²) in [5, 5.41) is 9.17. The highest BCUT2D eigenvalue weighted by Gasteiger charge is 2.59. The van der Waals surface area contributed by atoms with Gasteiger partial charge in [-0.15, -0.1) is 5.10 Å². The average Bonchev–Trinajstić information content (AvgIpc) is 4.15. The topological polar surface area (TPSA) is 132 Å². The summed E-state index contributed by atoms with van der Waals surface area (Å²) in [7, 11) is 0. The zero-order valence-electron chi connectivity index (χ0n) is 40.6. The lowest BCUT2D eigenvalue weighted by molar-refractivity contribution is -0.254. The van der Waals surface area contributed by atoms with Gasteiger partial charge in [0, 0.05) is 4.90 Å². The summed E-state index contributed by atoms with van der Waals surface area (Å²) in [6.07, 6.45) is -2.57. The molecule has 10 atom stereocenters. The van der Waals surface area contributed by atoms with Crippen LogP contribution in [0.25, 0.3) is 0 Å². The molecule has 0 saturated carbocycles. The van der Waals surface area contributed by atoms with Crippen LogP contribution < -0.4 is 0 Å². The van der Waals surface area contributed by atoms with E-state index in [9.17, 15) is 0 Å². The second kappa shape index (κ2) is 22.9. The Bertz CT molecular complexity index is 2580. The van der Waals surface area contributed by atoms with Crippen molar-refractivity contribution in [2.75, 3.05) is 13.2 Å². The highest BCUT2D eigenvalue weighted by Crippen LogP contribution is 2.43. The van der Waals surface area contributed by atoms with Crippen LogP contribution in [0.1, 0.15) is 61.2 Å². The molecule has 1 aromatic heterocycles. The highest BCUT2D eigenvalue weighted by atomic mass is 32.2. The number of hydrogen-bond acceptors (Lipinski definition) is 14. The van der Waals surface area contributed by atoms with E-state index in [1.165, 1.54) is 0 Å². The second-order valence-corrected chi connectivity index (χ2v) is 20.3. The van der Waals surface area contributed by atoms with Gasteiger partial charge in [-0.1, -0.05) is 150 Å². The first-order chi connectivity index (χ1) is 34.6. The SMILES string of the molecule is CC1(C)O[C@H]2O[C@H]([C@H]3COC(C)(C)O3)[C@H](OCc3ccccc3Cn3cc(CO[C@@H]4[C@@H](OCc5ccccc5)[C@H](OCc5ccccc5)[C@@H](COCc5ccccc5)O[C@H]4Sc4ccccc4)nn3)[C@H]2O1. The average molecular weight is 986 g/mol. The summed E-state index contributed by atoms with van der Waals surface area (Å²) >= 11 is 1.59. The molecule has 15 heteroatoms. The van der Waals surface area contributed by atoms with Crippen LogP contribution in [0.2, 0.25) is 0 Å². The van der Waals surface area contributed by atoms with Crippen LogP contribution in [0.5, 0.6) is 0 Å². The minimum atomic E-state index is -0.805. The Kier molecular flexibility index (Phi) is 16.1. The fourth-order valence-electron chi connectivity index (χ4n) is 9.46. The maximum absolute atomic E-state index is 7.07. The minimum absolute atomic E-state index is 0.143. The van der Waals surface area contributed by atoms with Crippen molar-refractivity contribution in [1.82, 2.24) is 15.0 Å². The van der Waals surface area contributed by atoms with Crippen molar-refractivity contribution in [1.29, 1.82) is 0 Å². The van der Waals surface area contributed by atoms with Crippen LogP contribution in [0.3, 0.4) is 0 Å². The number of fused-ring (bicyclic) bond motifs is 1. The van der Waals surface area contributed by atoms with Crippen molar-refractivity contribution in [3.05, 3.63) is 185 Å². The molecule has 4 saturated heterocycles. The van der Waals surface area contributed by atoms with Gasteiger partial charge in [0.2, 0.25) is 0 Å². The number of ether oxygens (including phenoxy) is 11. The molecule has 0 bridgehead atoms. The van der Waals surface area contributed by atoms with Gasteiger partial charge in [0.15, 0.2) is 17.9 Å². The molecule has 0 spiro atoms. The maximum Gasteiger partial charge on any atom is 0.190 e. The lowest BCUT2D eigenvalue weighted by Gasteiger charge is -2.46. The van der Waals surface area contributed by atoms with Crippen LogP contribution >= 0.6 is 11.8 Å². The number of thioether (sulfide) groups is 1. The molecular weight excluding hydrogens is 923 g/mol. The zero-order chi connectivity index (χ0) is 48.6. The Labute approximate surface area is 420 Å². The van der Waals surface area contributed by atoms with E-state index in [0.717, 1.165) is 32.7 Å². The van der Waals surface area contributed by atoms with Crippen LogP contribution in [-0.4, -0.2) is 100 Å². The molecular formula is C56H63N3O11S. The Morgan fingerprint density at radius 3 is 1.82 bits per heavy atom. The van der Waals surface area contributed by atoms with E-state index in [1.54, 1.807) is 11.8 Å². The first-order valence-electron chi connectivity index (χ1n) is 24.4. The predicted octanol–water partition coefficient (Wildman–Crippen LogP) is 9.03. The molecule has 0 aliphatic carbocycles. The van der Waals surface area contributed by atoms with Crippen LogP contribution in [-0.2, 0) is 91.7 Å². The maximum atomic E-state index is 7.07. The van der Waals surface area contributed by atoms with Gasteiger partial charge in [-0.2, -0.15) is 0 Å². The smallest absolute Gasteiger partial charge is 0.190 e. The summed E-state index contributed by atoms with van der Waals surface area (Å²) in [6.45, 7) is 10.2. The lowest BCUT2D eigenvalue weighted by Crippen LogP contribution is -2.60. The van der Waals surface area contributed by atoms with Gasteiger partial charge in [-0.05, 0) is 67.6 Å². The van der Waals surface area contributed by atoms with Crippen molar-refractivity contribution >= 4 is 11.8 Å². The van der Waals surface area contributed by atoms with Crippen LogP contribution in [0.4, 0.5) is 0 Å². The van der Waals surface area contributed by atoms with Gasteiger partial charge in [0.1, 0.15) is 60.0 Å². The molecule has 0 radical (unpaired) electrons. The van der Waals surface area contributed by atoms with Crippen molar-refractivity contribution in [3.8, 4) is 0 Å². The predicted molar refractivity (Wildman–Crippen MR) is 263 cm³/mol. The van der Waals surface area contributed by atoms with Crippen LogP contribution in [0.15, 0.2) is 157 Å². The van der Waals surface area contributed by atoms with E-state index in [0.29, 0.717) is 45.3 Å². The van der Waals surface area contributed by atoms with Crippen molar-refractivity contribution < 1.29 is 52.1 Å². The fourth-order valence-corrected chi connectivity index (χ4v) is 10.6. The largest absolute Gasteiger partial charge is 0.374 e. The lowest BCUT2D eigenvalue weighted by atomic mass is 9.99. The third-order valence-electron chi connectivity index (χ3n) is 12.9. The second-order valence-electron chi connectivity index (χ2n) is 19.2. The standard InChI is InChI=1S/C56H63N3O11S/c1-55(2)65-37-46(68-55)48-50(51-53(67-48)70-56(3,4)69-51)63-34-42-26-18-17-25-41(42)29-59-30-43(57-58-59)35-64-52-49(62-33-40-23-13-7-14-24-40)47(61-32-39-21-11-6-12-22-39)45(36-60-31-38-19-9-5-10-20-38)66-54(52)71-44-27-15-8-16-28-44/h5-28,30,45-54H,29,31-37H2,1-4H3/t45-,46-,47-,48-,49+,50+,51-,52-,53-,54+/m1/s1. The van der Waals surface area contributed by atoms with Gasteiger partial charge >= 0.3 is 0 Å². The number of rotatable bonds is 21. The van der Waals surface area contributed by atoms with Gasteiger partial charge in [-0.25, -0.2) is 4.68 Å². The van der Waals surface area contributed by atoms with Gasteiger partial charge in [0.25, 0.3) is 0 Å². The first kappa shape index (κ1) is 49.7. The summed E-state index contributed by atoms with van der Waals surface area (Å²) in [6, 6.07) is 48.8. The van der Waals surface area contributed by atoms with E-state index in [1.807, 2.05) is 124 Å². The fraction of sp³-hybridized carbons (Fsp3) is 0.429. The zero-order valence-corrected chi connectivity index (χ0v) is 41.4. The molecule has 5 aromatic carbocycles. The Hall–Kier alpha value is -4.85. The van der Waals surface area contributed by atoms with Gasteiger partial charge in [0.05, 0.1) is 59.0 Å². The Balaban J connectivity index is 0.872. The van der Waals surface area contributed by atoms with Crippen molar-refractivity contribution in [2.24, 2.45) is 0 Å². The molecule has 71 heavy (non-hydrogen) atoms. The quantitative estimate of drug-likeness (QED) is 0.0680. The van der Waals surface area contributed by atoms with Crippen molar-refractivity contribution in [2.45, 2.75) is 144 Å². The summed E-state index contributed by atoms with van der Waals surface area (Å²) < 4.78 is 73.8. The normalized spacial score (nSPS) is 27.7. The number of nitrogens with zero attached hydrogens (tertiary/aromatic N) is 3. The summed E-state index contributed by atoms with van der Waals surface area (Å²) in [4.78, 5) is 1.03. The number of aromatic nitrogens is 3. The highest BCUT2D eigenvalue weighted by molar-refractivity contribution is 7.99. The first-order valence-corrected chi connectivity index (χ1v) is 25.3. The molecule has 10 rings (SSSR count). The van der Waals surface area contributed by atoms with E-state index in [4.69, 9.17) is 52.1 Å². The van der Waals surface area contributed by atoms with Crippen LogP contribution in [0, 0.1) is 0 Å². The van der Waals surface area contributed by atoms with Crippen molar-refractivity contribution in [3.63, 3.8) is 0 Å². The minimum Gasteiger partial charge on any atom is -0.374 e. The monoisotopic (exact) mass is 985 g/mol. The number of benzene rings is 5. The third kappa shape index (κ3) is 12.9. The molecule has 4 aliphatic rings. The van der Waals surface area contributed by atoms with Gasteiger partial charge < -0.3 is 52.1 Å². The Morgan fingerprint density at radius 2 is 1.15 bits per heavy atom. The van der Waals surface area contributed by atoms with Gasteiger partial charge in [-0.3, -0.25) is 0 Å². The van der Waals surface area contributed by atoms with E-state index < -0.39 is 66.0 Å². The molecule has 5 heterocycles.